The van der Waals surface area contributed by atoms with Crippen LogP contribution in [-0.4, -0.2) is 0 Å². The van der Waals surface area contributed by atoms with Crippen LogP contribution in [0, 0.1) is 13.8 Å². The molecule has 0 aromatic heterocycles. The standard InChI is InChI=1S/C30H26N8/c1-19-8-11-22(12-9-19)34-37-28-15-14-25(31)30(29(28)32)38-36-26-16-17-27(24-18-20(2)10-13-23(24)26)35-33-21-6-4-3-5-7-21/h3-18H,31-32H2,1-2H3. The van der Waals surface area contributed by atoms with Gasteiger partial charge in [0.05, 0.1) is 34.1 Å². The maximum absolute atomic E-state index is 6.37. The quantitative estimate of drug-likeness (QED) is 0.178. The molecule has 8 nitrogen and oxygen atoms in total. The summed E-state index contributed by atoms with van der Waals surface area (Å²) < 4.78 is 0. The average Bonchev–Trinajstić information content (AvgIpc) is 2.93. The minimum atomic E-state index is 0.304. The molecule has 5 aromatic carbocycles. The number of nitrogens with two attached hydrogens (primary N) is 2. The topological polar surface area (TPSA) is 126 Å². The molecule has 0 aliphatic heterocycles. The molecule has 0 aliphatic carbocycles. The molecule has 8 heteroatoms. The van der Waals surface area contributed by atoms with Gasteiger partial charge in [-0.25, -0.2) is 0 Å². The predicted octanol–water partition coefficient (Wildman–Crippen LogP) is 9.87. The van der Waals surface area contributed by atoms with Crippen molar-refractivity contribution in [1.82, 2.24) is 0 Å². The number of hydrogen-bond acceptors (Lipinski definition) is 8. The van der Waals surface area contributed by atoms with E-state index in [2.05, 4.69) is 36.8 Å². The van der Waals surface area contributed by atoms with Crippen LogP contribution in [0.1, 0.15) is 11.1 Å². The predicted molar refractivity (Wildman–Crippen MR) is 154 cm³/mol. The largest absolute Gasteiger partial charge is 0.397 e. The highest BCUT2D eigenvalue weighted by atomic mass is 15.1. The van der Waals surface area contributed by atoms with Crippen LogP contribution in [0.4, 0.5) is 45.5 Å². The maximum Gasteiger partial charge on any atom is 0.134 e. The number of aryl methyl sites for hydroxylation is 2. The number of nitrogens with zero attached hydrogens (tertiary/aromatic N) is 6. The van der Waals surface area contributed by atoms with Gasteiger partial charge in [-0.2, -0.15) is 10.2 Å². The highest BCUT2D eigenvalue weighted by molar-refractivity contribution is 6.00. The molecular formula is C30H26N8. The molecule has 0 saturated carbocycles. The van der Waals surface area contributed by atoms with Crippen LogP contribution in [0.5, 0.6) is 0 Å². The van der Waals surface area contributed by atoms with Gasteiger partial charge >= 0.3 is 0 Å². The van der Waals surface area contributed by atoms with Gasteiger partial charge in [0.1, 0.15) is 11.4 Å². The fraction of sp³-hybridized carbons (Fsp3) is 0.0667. The van der Waals surface area contributed by atoms with E-state index in [1.54, 1.807) is 12.1 Å². The smallest absolute Gasteiger partial charge is 0.134 e. The summed E-state index contributed by atoms with van der Waals surface area (Å²) in [6, 6.07) is 30.6. The average molecular weight is 499 g/mol. The first-order valence-corrected chi connectivity index (χ1v) is 12.1. The van der Waals surface area contributed by atoms with Crippen molar-refractivity contribution >= 4 is 56.3 Å². The van der Waals surface area contributed by atoms with Crippen molar-refractivity contribution in [3.8, 4) is 0 Å². The Hall–Kier alpha value is -5.24. The number of fused-ring (bicyclic) bond motifs is 1. The van der Waals surface area contributed by atoms with E-state index in [9.17, 15) is 0 Å². The number of anilines is 2. The molecule has 5 aromatic rings. The molecule has 0 bridgehead atoms. The van der Waals surface area contributed by atoms with Crippen molar-refractivity contribution in [2.24, 2.45) is 30.7 Å². The molecule has 4 N–H and O–H groups in total. The Morgan fingerprint density at radius 3 is 1.79 bits per heavy atom. The lowest BCUT2D eigenvalue weighted by molar-refractivity contribution is 1.21. The van der Waals surface area contributed by atoms with Crippen molar-refractivity contribution in [3.63, 3.8) is 0 Å². The van der Waals surface area contributed by atoms with Crippen molar-refractivity contribution in [3.05, 3.63) is 108 Å². The van der Waals surface area contributed by atoms with E-state index in [1.165, 1.54) is 0 Å². The van der Waals surface area contributed by atoms with Gasteiger partial charge in [-0.1, -0.05) is 53.6 Å². The van der Waals surface area contributed by atoms with Gasteiger partial charge in [-0.05, 0) is 68.4 Å². The van der Waals surface area contributed by atoms with Crippen molar-refractivity contribution in [2.45, 2.75) is 13.8 Å². The Balaban J connectivity index is 1.48. The summed E-state index contributed by atoms with van der Waals surface area (Å²) in [5.74, 6) is 0. The van der Waals surface area contributed by atoms with E-state index >= 15 is 0 Å². The summed E-state index contributed by atoms with van der Waals surface area (Å²) in [5.41, 5.74) is 19.2. The molecule has 0 fully saturated rings. The third-order valence-electron chi connectivity index (χ3n) is 5.95. The van der Waals surface area contributed by atoms with Gasteiger partial charge in [-0.3, -0.25) is 0 Å². The second-order valence-electron chi connectivity index (χ2n) is 8.86. The Labute approximate surface area is 220 Å². The fourth-order valence-electron chi connectivity index (χ4n) is 3.85. The lowest BCUT2D eigenvalue weighted by Crippen LogP contribution is -1.92. The molecule has 0 atom stereocenters. The SMILES string of the molecule is Cc1ccc(N=Nc2ccc(N)c(N=Nc3ccc(N=Nc4ccccc4)c4cc(C)ccc34)c2N)cc1. The number of benzene rings is 5. The molecule has 5 rings (SSSR count). The Morgan fingerprint density at radius 1 is 0.474 bits per heavy atom. The monoisotopic (exact) mass is 498 g/mol. The zero-order valence-electron chi connectivity index (χ0n) is 21.1. The van der Waals surface area contributed by atoms with Crippen molar-refractivity contribution in [2.75, 3.05) is 11.5 Å². The highest BCUT2D eigenvalue weighted by Crippen LogP contribution is 2.40. The van der Waals surface area contributed by atoms with Crippen molar-refractivity contribution in [1.29, 1.82) is 0 Å². The van der Waals surface area contributed by atoms with Crippen LogP contribution < -0.4 is 11.5 Å². The maximum atomic E-state index is 6.37. The second kappa shape index (κ2) is 10.8. The first-order valence-electron chi connectivity index (χ1n) is 12.1. The minimum absolute atomic E-state index is 0.304. The molecule has 0 saturated heterocycles. The van der Waals surface area contributed by atoms with Crippen molar-refractivity contribution < 1.29 is 0 Å². The molecule has 186 valence electrons. The third kappa shape index (κ3) is 5.44. The van der Waals surface area contributed by atoms with Gasteiger partial charge in [0, 0.05) is 10.8 Å². The minimum Gasteiger partial charge on any atom is -0.397 e. The zero-order valence-corrected chi connectivity index (χ0v) is 21.1. The summed E-state index contributed by atoms with van der Waals surface area (Å²) in [5, 5.41) is 28.2. The lowest BCUT2D eigenvalue weighted by atomic mass is 10.0. The third-order valence-corrected chi connectivity index (χ3v) is 5.95. The normalized spacial score (nSPS) is 11.8. The van der Waals surface area contributed by atoms with Crippen LogP contribution in [-0.2, 0) is 0 Å². The van der Waals surface area contributed by atoms with Crippen LogP contribution in [0.2, 0.25) is 0 Å². The molecule has 0 aliphatic rings. The van der Waals surface area contributed by atoms with Crippen LogP contribution in [0.3, 0.4) is 0 Å². The highest BCUT2D eigenvalue weighted by Gasteiger charge is 2.11. The number of nitrogen functional groups attached to an aromatic ring is 2. The van der Waals surface area contributed by atoms with E-state index in [0.29, 0.717) is 28.4 Å². The Bertz CT molecular complexity index is 1690. The second-order valence-corrected chi connectivity index (χ2v) is 8.86. The van der Waals surface area contributed by atoms with Crippen LogP contribution in [0.15, 0.2) is 128 Å². The molecule has 0 radical (unpaired) electrons. The van der Waals surface area contributed by atoms with E-state index < -0.39 is 0 Å². The van der Waals surface area contributed by atoms with Gasteiger partial charge < -0.3 is 11.5 Å². The van der Waals surface area contributed by atoms with Gasteiger partial charge in [0.25, 0.3) is 0 Å². The number of rotatable bonds is 6. The fourth-order valence-corrected chi connectivity index (χ4v) is 3.85. The van der Waals surface area contributed by atoms with Gasteiger partial charge in [0.15, 0.2) is 0 Å². The molecule has 0 heterocycles. The van der Waals surface area contributed by atoms with Crippen LogP contribution >= 0.6 is 0 Å². The zero-order chi connectivity index (χ0) is 26.5. The molecule has 0 amide bonds. The summed E-state index contributed by atoms with van der Waals surface area (Å²) in [6.45, 7) is 4.05. The molecule has 38 heavy (non-hydrogen) atoms. The van der Waals surface area contributed by atoms with E-state index in [4.69, 9.17) is 11.5 Å². The molecular weight excluding hydrogens is 472 g/mol. The number of hydrogen-bond donors (Lipinski definition) is 2. The summed E-state index contributed by atoms with van der Waals surface area (Å²) in [4.78, 5) is 0. The number of azo groups is 3. The molecule has 0 unspecified atom stereocenters. The Morgan fingerprint density at radius 2 is 1.05 bits per heavy atom. The van der Waals surface area contributed by atoms with Crippen LogP contribution in [0.25, 0.3) is 10.8 Å². The van der Waals surface area contributed by atoms with Gasteiger partial charge in [0.2, 0.25) is 0 Å². The summed E-state index contributed by atoms with van der Waals surface area (Å²) in [7, 11) is 0. The first kappa shape index (κ1) is 24.5. The first-order chi connectivity index (χ1) is 18.5. The van der Waals surface area contributed by atoms with E-state index in [0.717, 1.165) is 39.0 Å². The summed E-state index contributed by atoms with van der Waals surface area (Å²) in [6.07, 6.45) is 0. The Kier molecular flexibility index (Phi) is 6.95. The van der Waals surface area contributed by atoms with Gasteiger partial charge in [-0.15, -0.1) is 20.5 Å². The lowest BCUT2D eigenvalue weighted by Gasteiger charge is -2.08. The van der Waals surface area contributed by atoms with E-state index in [1.807, 2.05) is 92.7 Å². The molecule has 0 spiro atoms. The van der Waals surface area contributed by atoms with E-state index in [-0.39, 0.29) is 0 Å². The summed E-state index contributed by atoms with van der Waals surface area (Å²) >= 11 is 0.